The molecular formula is C110H126. The molecular weight excluding hydrogens is 1320 g/mol. The van der Waals surface area contributed by atoms with Gasteiger partial charge in [-0.2, -0.15) is 0 Å². The molecule has 0 N–H and O–H groups in total. The molecule has 566 valence electrons. The summed E-state index contributed by atoms with van der Waals surface area (Å²) in [4.78, 5) is 0. The van der Waals surface area contributed by atoms with Gasteiger partial charge in [0.2, 0.25) is 0 Å². The molecule has 0 bridgehead atoms. The Labute approximate surface area is 663 Å². The Hall–Kier alpha value is -8.06. The van der Waals surface area contributed by atoms with Crippen LogP contribution < -0.4 is 0 Å². The van der Waals surface area contributed by atoms with Crippen LogP contribution in [0.25, 0.3) is 111 Å². The molecule has 0 aromatic heterocycles. The zero-order valence-corrected chi connectivity index (χ0v) is 69.5. The van der Waals surface area contributed by atoms with Crippen molar-refractivity contribution in [1.29, 1.82) is 0 Å². The molecule has 0 spiro atoms. The van der Waals surface area contributed by atoms with Crippen LogP contribution in [0.3, 0.4) is 0 Å². The van der Waals surface area contributed by atoms with Gasteiger partial charge >= 0.3 is 0 Å². The van der Waals surface area contributed by atoms with E-state index in [4.69, 9.17) is 0 Å². The minimum atomic E-state index is -0.237. The highest BCUT2D eigenvalue weighted by molar-refractivity contribution is 6.12. The van der Waals surface area contributed by atoms with E-state index in [9.17, 15) is 0 Å². The Morgan fingerprint density at radius 1 is 0.182 bits per heavy atom. The summed E-state index contributed by atoms with van der Waals surface area (Å²) in [5.74, 6) is 0. The molecule has 0 aliphatic heterocycles. The topological polar surface area (TPSA) is 0 Å². The molecule has 0 fully saturated rings. The van der Waals surface area contributed by atoms with Gasteiger partial charge in [0.05, 0.1) is 0 Å². The van der Waals surface area contributed by atoms with Gasteiger partial charge < -0.3 is 0 Å². The summed E-state index contributed by atoms with van der Waals surface area (Å²) in [6.45, 7) is 29.6. The Kier molecular flexibility index (Phi) is 20.2. The third-order valence-electron chi connectivity index (χ3n) is 29.6. The summed E-state index contributed by atoms with van der Waals surface area (Å²) in [5.41, 5.74) is 40.6. The van der Waals surface area contributed by atoms with E-state index in [0.717, 1.165) is 0 Å². The molecule has 17 rings (SSSR count). The first kappa shape index (κ1) is 74.7. The van der Waals surface area contributed by atoms with Gasteiger partial charge in [-0.3, -0.25) is 0 Å². The van der Waals surface area contributed by atoms with E-state index in [0.29, 0.717) is 0 Å². The predicted octanol–water partition coefficient (Wildman–Crippen LogP) is 32.9. The number of unbranched alkanes of at least 4 members (excludes halogenated alkanes) is 22. The highest BCUT2D eigenvalue weighted by atomic mass is 14.5. The fraction of sp³-hybridized carbons (Fsp3) is 0.436. The maximum atomic E-state index is 2.96. The monoisotopic (exact) mass is 1450 g/mol. The van der Waals surface area contributed by atoms with Gasteiger partial charge in [-0.1, -0.05) is 371 Å². The molecule has 0 saturated carbocycles. The number of hydrogen-bond donors (Lipinski definition) is 0. The second-order valence-electron chi connectivity index (χ2n) is 37.7. The summed E-state index contributed by atoms with van der Waals surface area (Å²) >= 11 is 0. The van der Waals surface area contributed by atoms with Gasteiger partial charge in [0.25, 0.3) is 0 Å². The molecule has 0 atom stereocenters. The SMILES string of the molecule is CCCCCCCCCC1(CCCCCCCCC)c2cc3c(cc2-c2cc4c(cc21)-c1cc2c(cc1C4(CCCCCCCC)CCCCCCCC)-c1c(cc(-c4ccc5c(c4)C(C)(C)c4ccccc4-5)c4ccccc14)C2(C)C)C(C)(C)c1cc(-c2ccc4c(c2)C(C)(C)c2ccccc2-4)c2ccccc2c1-3. The lowest BCUT2D eigenvalue weighted by Gasteiger charge is -2.35. The number of benzene rings is 11. The molecule has 0 unspecified atom stereocenters. The maximum absolute atomic E-state index is 2.96. The third-order valence-corrected chi connectivity index (χ3v) is 29.6. The summed E-state index contributed by atoms with van der Waals surface area (Å²) in [5, 5.41) is 5.54. The highest BCUT2D eigenvalue weighted by Gasteiger charge is 2.52. The largest absolute Gasteiger partial charge is 0.0654 e. The molecule has 0 heterocycles. The van der Waals surface area contributed by atoms with Crippen molar-refractivity contribution >= 4 is 21.5 Å². The van der Waals surface area contributed by atoms with Gasteiger partial charge in [0.15, 0.2) is 0 Å². The first-order valence-corrected chi connectivity index (χ1v) is 44.6. The predicted molar refractivity (Wildman–Crippen MR) is 476 cm³/mol. The number of rotatable bonds is 32. The van der Waals surface area contributed by atoms with E-state index >= 15 is 0 Å². The summed E-state index contributed by atoms with van der Waals surface area (Å²) < 4.78 is 0. The molecule has 0 nitrogen and oxygen atoms in total. The van der Waals surface area contributed by atoms with Crippen LogP contribution in [0.2, 0.25) is 0 Å². The smallest absolute Gasteiger partial charge is 0.0215 e. The highest BCUT2D eigenvalue weighted by Crippen LogP contribution is 2.67. The minimum absolute atomic E-state index is 0.0803. The van der Waals surface area contributed by atoms with E-state index in [-0.39, 0.29) is 32.5 Å². The van der Waals surface area contributed by atoms with Crippen LogP contribution in [0.5, 0.6) is 0 Å². The van der Waals surface area contributed by atoms with Crippen LogP contribution in [0.15, 0.2) is 182 Å². The van der Waals surface area contributed by atoms with E-state index < -0.39 is 0 Å². The molecule has 0 amide bonds. The fourth-order valence-electron chi connectivity index (χ4n) is 23.3. The Morgan fingerprint density at radius 2 is 0.427 bits per heavy atom. The van der Waals surface area contributed by atoms with Crippen molar-refractivity contribution in [3.63, 3.8) is 0 Å². The van der Waals surface area contributed by atoms with Crippen LogP contribution in [-0.2, 0) is 32.5 Å². The third kappa shape index (κ3) is 12.1. The second kappa shape index (κ2) is 29.8. The van der Waals surface area contributed by atoms with Crippen molar-refractivity contribution in [1.82, 2.24) is 0 Å². The fourth-order valence-corrected chi connectivity index (χ4v) is 23.3. The quantitative estimate of drug-likeness (QED) is 0.0369. The molecule has 0 radical (unpaired) electrons. The molecule has 6 aliphatic rings. The molecule has 11 aromatic carbocycles. The molecule has 110 heavy (non-hydrogen) atoms. The standard InChI is InChI=1S/C110H126/c1-13-17-21-25-29-33-45-61-110(62-46-34-30-26-22-18-14-2)98-70-87-85-67-95-89(103-81-51-37-35-47-75(81)83(65-101(103)107(95,9)10)73-55-57-79-77-49-39-41-53-91(77)105(5,6)93(79)63-73)71-99(85)109(59-43-31-27-23-19-15-3,60-44-32-28-24-20-16-4)97(87)69-88(98)86-68-96-90(72-100(86)110)104-82-52-38-36-48-76(82)84(66-102(104)108(96,11)12)74-56-58-80-78-50-40-42-54-92(78)106(7,8)94(80)64-74/h35-42,47-58,63-72H,13-34,43-46,59-62H2,1-12H3. The van der Waals surface area contributed by atoms with Crippen molar-refractivity contribution in [2.45, 2.75) is 308 Å². The molecule has 0 saturated heterocycles. The summed E-state index contributed by atoms with van der Waals surface area (Å²) in [6, 6.07) is 75.1. The van der Waals surface area contributed by atoms with Crippen LogP contribution in [0.1, 0.15) is 342 Å². The van der Waals surface area contributed by atoms with Crippen molar-refractivity contribution in [2.75, 3.05) is 0 Å². The zero-order valence-electron chi connectivity index (χ0n) is 69.5. The van der Waals surface area contributed by atoms with E-state index in [2.05, 4.69) is 265 Å². The molecule has 6 aliphatic carbocycles. The van der Waals surface area contributed by atoms with Gasteiger partial charge in [0.1, 0.15) is 0 Å². The van der Waals surface area contributed by atoms with E-state index in [1.165, 1.54) is 325 Å². The second-order valence-corrected chi connectivity index (χ2v) is 37.7. The van der Waals surface area contributed by atoms with Crippen molar-refractivity contribution in [3.05, 3.63) is 249 Å². The van der Waals surface area contributed by atoms with Gasteiger partial charge in [0, 0.05) is 32.5 Å². The lowest BCUT2D eigenvalue weighted by atomic mass is 9.68. The Morgan fingerprint density at radius 3 is 0.764 bits per heavy atom. The van der Waals surface area contributed by atoms with Crippen LogP contribution in [0, 0.1) is 0 Å². The normalized spacial score (nSPS) is 16.3. The van der Waals surface area contributed by atoms with Gasteiger partial charge in [-0.05, 0) is 264 Å². The first-order chi connectivity index (χ1) is 53.4. The summed E-state index contributed by atoms with van der Waals surface area (Å²) in [6.07, 6.45) is 39.0. The van der Waals surface area contributed by atoms with E-state index in [1.807, 2.05) is 0 Å². The lowest BCUT2D eigenvalue weighted by Crippen LogP contribution is -2.27. The average Bonchev–Trinajstić information content (AvgIpc) is 1.51. The number of fused-ring (bicyclic) bond motifs is 22. The molecule has 11 aromatic rings. The maximum Gasteiger partial charge on any atom is 0.0215 e. The lowest BCUT2D eigenvalue weighted by molar-refractivity contribution is 0.394. The summed E-state index contributed by atoms with van der Waals surface area (Å²) in [7, 11) is 0. The van der Waals surface area contributed by atoms with Gasteiger partial charge in [-0.25, -0.2) is 0 Å². The average molecular weight is 1450 g/mol. The minimum Gasteiger partial charge on any atom is -0.0654 e. The van der Waals surface area contributed by atoms with Crippen LogP contribution >= 0.6 is 0 Å². The Bertz CT molecular complexity index is 5300. The van der Waals surface area contributed by atoms with Crippen LogP contribution in [-0.4, -0.2) is 0 Å². The first-order valence-electron chi connectivity index (χ1n) is 44.6. The van der Waals surface area contributed by atoms with Gasteiger partial charge in [-0.15, -0.1) is 0 Å². The van der Waals surface area contributed by atoms with Crippen molar-refractivity contribution < 1.29 is 0 Å². The van der Waals surface area contributed by atoms with Crippen LogP contribution in [0.4, 0.5) is 0 Å². The number of hydrogen-bond acceptors (Lipinski definition) is 0. The van der Waals surface area contributed by atoms with Crippen molar-refractivity contribution in [3.8, 4) is 89.0 Å². The Balaban J connectivity index is 0.863. The van der Waals surface area contributed by atoms with Crippen molar-refractivity contribution in [2.24, 2.45) is 0 Å². The van der Waals surface area contributed by atoms with E-state index in [1.54, 1.807) is 44.5 Å². The molecule has 0 heteroatoms. The zero-order chi connectivity index (χ0) is 75.9.